The van der Waals surface area contributed by atoms with Gasteiger partial charge in [-0.05, 0) is 12.1 Å². The molecule has 0 aliphatic rings. The van der Waals surface area contributed by atoms with Crippen molar-refractivity contribution < 1.29 is 39.3 Å². The third-order valence-electron chi connectivity index (χ3n) is 1.09. The first-order valence-corrected chi connectivity index (χ1v) is 4.33. The molecule has 0 saturated heterocycles. The minimum atomic E-state index is -4.02. The summed E-state index contributed by atoms with van der Waals surface area (Å²) < 4.78 is 10.5. The van der Waals surface area contributed by atoms with Crippen molar-refractivity contribution in [1.29, 1.82) is 0 Å². The molecule has 0 aliphatic heterocycles. The largest absolute Gasteiger partial charge is 0.412 e. The van der Waals surface area contributed by atoms with Gasteiger partial charge in [-0.25, -0.2) is 0 Å². The Labute approximate surface area is 99.7 Å². The Balaban J connectivity index is -0.000000333. The van der Waals surface area contributed by atoms with Gasteiger partial charge in [-0.15, -0.1) is 0 Å². The molecule has 0 fully saturated rings. The Kier molecular flexibility index (Phi) is 11.5. The van der Waals surface area contributed by atoms with E-state index in [9.17, 15) is 4.57 Å². The molecule has 4 nitrogen and oxygen atoms in total. The van der Waals surface area contributed by atoms with Gasteiger partial charge >= 0.3 is 7.60 Å². The Bertz CT molecular complexity index is 263. The van der Waals surface area contributed by atoms with Crippen LogP contribution in [0.4, 0.5) is 0 Å². The number of rotatable bonds is 1. The first-order chi connectivity index (χ1) is 4.61. The molecule has 0 radical (unpaired) electrons. The summed E-state index contributed by atoms with van der Waals surface area (Å²) in [5.74, 6) is 0. The van der Waals surface area contributed by atoms with Gasteiger partial charge in [0.2, 0.25) is 0 Å². The molecule has 0 heterocycles. The van der Waals surface area contributed by atoms with E-state index < -0.39 is 7.60 Å². The number of hydrogen-bond donors (Lipinski definition) is 2. The predicted molar refractivity (Wildman–Crippen MR) is 51.7 cm³/mol. The normalized spacial score (nSPS) is 8.77. The number of benzene rings is 1. The molecule has 1 rings (SSSR count). The van der Waals surface area contributed by atoms with Gasteiger partial charge in [0.15, 0.2) is 17.4 Å². The second kappa shape index (κ2) is 7.85. The molecule has 1 aromatic carbocycles. The van der Waals surface area contributed by atoms with E-state index in [1.54, 1.807) is 18.2 Å². The van der Waals surface area contributed by atoms with Crippen LogP contribution in [0.1, 0.15) is 0 Å². The van der Waals surface area contributed by atoms with Crippen molar-refractivity contribution >= 4 is 30.3 Å². The maximum atomic E-state index is 10.5. The van der Waals surface area contributed by atoms with E-state index in [0.29, 0.717) is 0 Å². The molecule has 0 amide bonds. The maximum absolute atomic E-state index is 10.5. The summed E-state index contributed by atoms with van der Waals surface area (Å²) in [7, 11) is -4.02. The topological polar surface area (TPSA) is 89.0 Å². The van der Waals surface area contributed by atoms with Crippen molar-refractivity contribution in [3.63, 3.8) is 0 Å². The van der Waals surface area contributed by atoms with Crippen LogP contribution >= 0.6 is 7.60 Å². The molecule has 0 bridgehead atoms. The molecule has 7 heteroatoms. The summed E-state index contributed by atoms with van der Waals surface area (Å²) in [4.78, 5) is 17.2. The van der Waals surface area contributed by atoms with E-state index in [4.69, 9.17) is 9.79 Å². The van der Waals surface area contributed by atoms with E-state index >= 15 is 0 Å². The van der Waals surface area contributed by atoms with Gasteiger partial charge < -0.3 is 15.3 Å². The second-order valence-corrected chi connectivity index (χ2v) is 3.48. The fourth-order valence-corrected chi connectivity index (χ4v) is 1.18. The molecule has 0 aliphatic carbocycles. The third-order valence-corrected chi connectivity index (χ3v) is 2.06. The van der Waals surface area contributed by atoms with E-state index in [2.05, 4.69) is 0 Å². The van der Waals surface area contributed by atoms with Gasteiger partial charge in [0.05, 0.1) is 5.30 Å². The van der Waals surface area contributed by atoms with Crippen molar-refractivity contribution in [2.45, 2.75) is 0 Å². The molecular weight excluding hydrogens is 259 g/mol. The van der Waals surface area contributed by atoms with Crippen LogP contribution in [0.3, 0.4) is 0 Å². The van der Waals surface area contributed by atoms with Crippen molar-refractivity contribution in [2.75, 3.05) is 0 Å². The van der Waals surface area contributed by atoms with Crippen LogP contribution in [0.15, 0.2) is 30.3 Å². The predicted octanol–water partition coefficient (Wildman–Crippen LogP) is -1.52. The molecule has 0 saturated carbocycles. The van der Waals surface area contributed by atoms with Gasteiger partial charge in [-0.2, -0.15) is 0 Å². The average Bonchev–Trinajstić information content (AvgIpc) is 1.88. The monoisotopic (exact) mass is 270 g/mol. The summed E-state index contributed by atoms with van der Waals surface area (Å²) >= 11 is 0. The average molecular weight is 272 g/mol. The van der Waals surface area contributed by atoms with Crippen molar-refractivity contribution in [3.8, 4) is 0 Å². The van der Waals surface area contributed by atoms with Gasteiger partial charge in [-0.3, -0.25) is 4.57 Å². The smallest absolute Gasteiger partial charge is 0.356 e. The Hall–Kier alpha value is 0.486. The van der Waals surface area contributed by atoms with E-state index in [-0.39, 0.29) is 47.6 Å². The Morgan fingerprint density at radius 2 is 1.46 bits per heavy atom. The molecule has 4 N–H and O–H groups in total. The molecule has 0 unspecified atom stereocenters. The summed E-state index contributed by atoms with van der Waals surface area (Å²) in [5.41, 5.74) is 0. The van der Waals surface area contributed by atoms with Gasteiger partial charge in [-0.1, -0.05) is 18.2 Å². The molecule has 13 heavy (non-hydrogen) atoms. The quantitative estimate of drug-likeness (QED) is 0.480. The Morgan fingerprint density at radius 3 is 1.69 bits per heavy atom. The molecule has 0 spiro atoms. The fourth-order valence-electron chi connectivity index (χ4n) is 0.622. The fraction of sp³-hybridized carbons (Fsp3) is 0. The van der Waals surface area contributed by atoms with Gasteiger partial charge in [0.25, 0.3) is 0 Å². The third kappa shape index (κ3) is 6.54. The zero-order valence-electron chi connectivity index (χ0n) is 6.34. The minimum absolute atomic E-state index is 0. The van der Waals surface area contributed by atoms with Crippen LogP contribution in [0.25, 0.3) is 0 Å². The molecule has 1 aromatic rings. The van der Waals surface area contributed by atoms with Crippen LogP contribution in [-0.4, -0.2) is 32.6 Å². The van der Waals surface area contributed by atoms with E-state index in [1.807, 2.05) is 0 Å². The summed E-state index contributed by atoms with van der Waals surface area (Å²) in [6, 6.07) is 7.70. The Morgan fingerprint density at radius 1 is 1.08 bits per heavy atom. The first kappa shape index (κ1) is 19.1. The minimum Gasteiger partial charge on any atom is -0.412 e. The molecule has 0 aromatic heterocycles. The zero-order chi connectivity index (χ0) is 7.61. The summed E-state index contributed by atoms with van der Waals surface area (Å²) in [6.07, 6.45) is 0. The molecule has 70 valence electrons. The summed E-state index contributed by atoms with van der Waals surface area (Å²) in [6.45, 7) is 0. The van der Waals surface area contributed by atoms with Crippen LogP contribution in [0, 0.1) is 0 Å². The standard InChI is InChI=1S/C6H7O3P.Al.H2O.Zn.3H/c7-10(8,9)6-4-2-1-3-5-6;;;;;;/h1-5H,(H2,7,8,9);;1H2;;;;. The SMILES string of the molecule is O.O=P(O)(O)c1ccccc1.[AlH3].[Zn]. The zero-order valence-corrected chi connectivity index (χ0v) is 10.2. The van der Waals surface area contributed by atoms with Gasteiger partial charge in [0.1, 0.15) is 0 Å². The maximum Gasteiger partial charge on any atom is 0.356 e. The van der Waals surface area contributed by atoms with Crippen molar-refractivity contribution in [2.24, 2.45) is 0 Å². The van der Waals surface area contributed by atoms with Crippen molar-refractivity contribution in [3.05, 3.63) is 30.3 Å². The van der Waals surface area contributed by atoms with E-state index in [1.165, 1.54) is 12.1 Å². The van der Waals surface area contributed by atoms with Crippen LogP contribution in [0.2, 0.25) is 0 Å². The van der Waals surface area contributed by atoms with Crippen LogP contribution < -0.4 is 5.30 Å². The molecular formula is C6H12AlO4PZn. The van der Waals surface area contributed by atoms with Gasteiger partial charge in [0, 0.05) is 19.5 Å². The number of hydrogen-bond acceptors (Lipinski definition) is 1. The van der Waals surface area contributed by atoms with Crippen LogP contribution in [0.5, 0.6) is 0 Å². The first-order valence-electron chi connectivity index (χ1n) is 2.72. The second-order valence-electron chi connectivity index (χ2n) is 1.88. The van der Waals surface area contributed by atoms with Crippen LogP contribution in [-0.2, 0) is 24.0 Å². The molecule has 0 atom stereocenters. The van der Waals surface area contributed by atoms with E-state index in [0.717, 1.165) is 0 Å². The van der Waals surface area contributed by atoms with Crippen molar-refractivity contribution in [1.82, 2.24) is 0 Å². The summed E-state index contributed by atoms with van der Waals surface area (Å²) in [5, 5.41) is 0.0648.